The van der Waals surface area contributed by atoms with Gasteiger partial charge in [-0.15, -0.1) is 0 Å². The van der Waals surface area contributed by atoms with E-state index in [1.165, 1.54) is 0 Å². The monoisotopic (exact) mass is 758 g/mol. The Morgan fingerprint density at radius 1 is 0.241 bits per heavy atom. The van der Waals surface area contributed by atoms with Gasteiger partial charge in [0.05, 0.1) is 73.3 Å². The second-order valence-electron chi connectivity index (χ2n) is 13.7. The van der Waals surface area contributed by atoms with Crippen LogP contribution in [0.3, 0.4) is 0 Å². The van der Waals surface area contributed by atoms with E-state index in [1.807, 2.05) is 109 Å². The molecule has 0 amide bonds. The third-order valence-electron chi connectivity index (χ3n) is 10.3. The van der Waals surface area contributed by atoms with Crippen LogP contribution in [0.25, 0.3) is 89.4 Å². The number of hydrogen-bond acceptors (Lipinski definition) is 8. The molecule has 0 bridgehead atoms. The van der Waals surface area contributed by atoms with E-state index >= 15 is 0 Å². The molecule has 0 spiro atoms. The van der Waals surface area contributed by atoms with Crippen LogP contribution < -0.4 is 18.9 Å². The molecule has 8 nitrogen and oxygen atoms in total. The minimum atomic E-state index is 0.781. The number of nitrogens with zero attached hydrogens (tertiary/aromatic N) is 4. The smallest absolute Gasteiger partial charge is 0.118 e. The van der Waals surface area contributed by atoms with Gasteiger partial charge in [0.15, 0.2) is 0 Å². The molecule has 0 aliphatic heterocycles. The molecule has 2 aromatic heterocycles. The van der Waals surface area contributed by atoms with Gasteiger partial charge >= 0.3 is 0 Å². The average molecular weight is 759 g/mol. The molecular weight excluding hydrogens is 721 g/mol. The first kappa shape index (κ1) is 36.1. The predicted octanol–water partition coefficient (Wildman–Crippen LogP) is 11.6. The highest BCUT2D eigenvalue weighted by Crippen LogP contribution is 2.36. The standard InChI is InChI=1S/C50H38N4O4/c1-55-39-19-9-33(10-20-39)47-49(35-13-23-41(57-3)24-14-35)53-45-29-37(17-27-43(45)51-47)31-5-7-32(8-6-31)38-18-28-44-46(30-38)54-50(36-15-25-42(58-4)26-16-36)48(52-44)34-11-21-40(56-2)22-12-34/h5-30H,1-4H3. The number of hydrogen-bond donors (Lipinski definition) is 0. The Labute approximate surface area is 336 Å². The lowest BCUT2D eigenvalue weighted by Gasteiger charge is -2.13. The minimum absolute atomic E-state index is 0.781. The second kappa shape index (κ2) is 15.5. The first-order valence-electron chi connectivity index (χ1n) is 18.8. The van der Waals surface area contributed by atoms with Gasteiger partial charge in [-0.1, -0.05) is 36.4 Å². The fourth-order valence-electron chi connectivity index (χ4n) is 7.12. The van der Waals surface area contributed by atoms with Crippen molar-refractivity contribution in [1.82, 2.24) is 19.9 Å². The topological polar surface area (TPSA) is 88.5 Å². The molecule has 8 heteroatoms. The van der Waals surface area contributed by atoms with Gasteiger partial charge in [0.2, 0.25) is 0 Å². The molecule has 0 saturated heterocycles. The van der Waals surface area contributed by atoms with Gasteiger partial charge < -0.3 is 18.9 Å². The molecule has 0 fully saturated rings. The first-order valence-corrected chi connectivity index (χ1v) is 18.8. The zero-order valence-electron chi connectivity index (χ0n) is 32.4. The van der Waals surface area contributed by atoms with Crippen molar-refractivity contribution in [2.75, 3.05) is 28.4 Å². The van der Waals surface area contributed by atoms with E-state index in [2.05, 4.69) is 48.5 Å². The second-order valence-corrected chi connectivity index (χ2v) is 13.7. The van der Waals surface area contributed by atoms with E-state index in [1.54, 1.807) is 28.4 Å². The summed E-state index contributed by atoms with van der Waals surface area (Å²) in [7, 11) is 6.66. The highest BCUT2D eigenvalue weighted by Gasteiger charge is 2.17. The summed E-state index contributed by atoms with van der Waals surface area (Å²) in [6.07, 6.45) is 0. The molecule has 0 aliphatic rings. The zero-order valence-corrected chi connectivity index (χ0v) is 32.4. The van der Waals surface area contributed by atoms with Gasteiger partial charge in [0.25, 0.3) is 0 Å². The van der Waals surface area contributed by atoms with Crippen molar-refractivity contribution in [2.24, 2.45) is 0 Å². The van der Waals surface area contributed by atoms with Gasteiger partial charge in [0.1, 0.15) is 23.0 Å². The SMILES string of the molecule is COc1ccc(-c2nc3ccc(-c4ccc(-c5ccc6nc(-c7ccc(OC)cc7)c(-c7ccc(OC)cc7)nc6c5)cc4)cc3nc2-c2ccc(OC)cc2)cc1. The van der Waals surface area contributed by atoms with Crippen molar-refractivity contribution < 1.29 is 18.9 Å². The lowest BCUT2D eigenvalue weighted by molar-refractivity contribution is 0.414. The Morgan fingerprint density at radius 3 is 0.724 bits per heavy atom. The van der Waals surface area contributed by atoms with E-state index < -0.39 is 0 Å². The van der Waals surface area contributed by atoms with Crippen molar-refractivity contribution in [3.05, 3.63) is 158 Å². The van der Waals surface area contributed by atoms with Gasteiger partial charge in [-0.2, -0.15) is 0 Å². The Kier molecular flexibility index (Phi) is 9.65. The lowest BCUT2D eigenvalue weighted by atomic mass is 9.98. The number of aromatic nitrogens is 4. The maximum absolute atomic E-state index is 5.43. The van der Waals surface area contributed by atoms with Crippen molar-refractivity contribution >= 4 is 22.1 Å². The molecule has 0 aliphatic carbocycles. The summed E-state index contributed by atoms with van der Waals surface area (Å²) in [5.74, 6) is 3.13. The lowest BCUT2D eigenvalue weighted by Crippen LogP contribution is -1.96. The molecule has 0 unspecified atom stereocenters. The summed E-state index contributed by atoms with van der Waals surface area (Å²) in [5.41, 5.74) is 14.4. The Hall–Kier alpha value is -7.58. The highest BCUT2D eigenvalue weighted by atomic mass is 16.5. The molecule has 0 saturated carbocycles. The number of rotatable bonds is 10. The van der Waals surface area contributed by atoms with E-state index in [0.717, 1.165) is 112 Å². The van der Waals surface area contributed by atoms with Crippen LogP contribution >= 0.6 is 0 Å². The van der Waals surface area contributed by atoms with Crippen LogP contribution in [-0.4, -0.2) is 48.4 Å². The highest BCUT2D eigenvalue weighted by molar-refractivity contribution is 5.91. The number of methoxy groups -OCH3 is 4. The largest absolute Gasteiger partial charge is 0.497 e. The van der Waals surface area contributed by atoms with Crippen molar-refractivity contribution in [1.29, 1.82) is 0 Å². The number of ether oxygens (including phenoxy) is 4. The van der Waals surface area contributed by atoms with Crippen molar-refractivity contribution in [3.8, 4) is 90.3 Å². The molecule has 9 aromatic rings. The average Bonchev–Trinajstić information content (AvgIpc) is 3.30. The summed E-state index contributed by atoms with van der Waals surface area (Å²) >= 11 is 0. The summed E-state index contributed by atoms with van der Waals surface area (Å²) in [4.78, 5) is 20.7. The van der Waals surface area contributed by atoms with E-state index in [9.17, 15) is 0 Å². The van der Waals surface area contributed by atoms with Crippen LogP contribution in [0.1, 0.15) is 0 Å². The van der Waals surface area contributed by atoms with Crippen molar-refractivity contribution in [2.45, 2.75) is 0 Å². The number of fused-ring (bicyclic) bond motifs is 2. The first-order chi connectivity index (χ1) is 28.5. The summed E-state index contributed by atoms with van der Waals surface area (Å²) < 4.78 is 21.7. The molecule has 0 radical (unpaired) electrons. The van der Waals surface area contributed by atoms with E-state index in [4.69, 9.17) is 38.9 Å². The van der Waals surface area contributed by atoms with E-state index in [-0.39, 0.29) is 0 Å². The molecule has 0 atom stereocenters. The van der Waals surface area contributed by atoms with Gasteiger partial charge in [0, 0.05) is 22.3 Å². The molecule has 2 heterocycles. The van der Waals surface area contributed by atoms with Crippen molar-refractivity contribution in [3.63, 3.8) is 0 Å². The van der Waals surface area contributed by atoms with Crippen LogP contribution in [0.5, 0.6) is 23.0 Å². The van der Waals surface area contributed by atoms with Crippen LogP contribution in [0.2, 0.25) is 0 Å². The quantitative estimate of drug-likeness (QED) is 0.136. The number of benzene rings is 7. The summed E-state index contributed by atoms with van der Waals surface area (Å²) in [6, 6.07) is 52.7. The van der Waals surface area contributed by atoms with Crippen LogP contribution in [0, 0.1) is 0 Å². The Balaban J connectivity index is 1.06. The third-order valence-corrected chi connectivity index (χ3v) is 10.3. The van der Waals surface area contributed by atoms with Gasteiger partial charge in [-0.25, -0.2) is 19.9 Å². The maximum atomic E-state index is 5.43. The molecule has 7 aromatic carbocycles. The minimum Gasteiger partial charge on any atom is -0.497 e. The molecule has 9 rings (SSSR count). The van der Waals surface area contributed by atoms with Crippen LogP contribution in [0.15, 0.2) is 158 Å². The fraction of sp³-hybridized carbons (Fsp3) is 0.0800. The maximum Gasteiger partial charge on any atom is 0.118 e. The van der Waals surface area contributed by atoms with Gasteiger partial charge in [-0.05, 0) is 144 Å². The molecule has 58 heavy (non-hydrogen) atoms. The zero-order chi connectivity index (χ0) is 39.6. The summed E-state index contributed by atoms with van der Waals surface area (Å²) in [6.45, 7) is 0. The molecule has 282 valence electrons. The summed E-state index contributed by atoms with van der Waals surface area (Å²) in [5, 5.41) is 0. The Morgan fingerprint density at radius 2 is 0.466 bits per heavy atom. The Bertz CT molecular complexity index is 2690. The molecular formula is C50H38N4O4. The van der Waals surface area contributed by atoms with Crippen LogP contribution in [-0.2, 0) is 0 Å². The third kappa shape index (κ3) is 7.03. The van der Waals surface area contributed by atoms with E-state index in [0.29, 0.717) is 0 Å². The van der Waals surface area contributed by atoms with Crippen LogP contribution in [0.4, 0.5) is 0 Å². The van der Waals surface area contributed by atoms with Gasteiger partial charge in [-0.3, -0.25) is 0 Å². The molecule has 0 N–H and O–H groups in total. The predicted molar refractivity (Wildman–Crippen MR) is 231 cm³/mol. The fourth-order valence-corrected chi connectivity index (χ4v) is 7.12. The normalized spacial score (nSPS) is 11.1.